The van der Waals surface area contributed by atoms with Gasteiger partial charge in [-0.05, 0) is 36.9 Å². The van der Waals surface area contributed by atoms with Gasteiger partial charge >= 0.3 is 11.9 Å². The second-order valence-electron chi connectivity index (χ2n) is 6.20. The zero-order valence-corrected chi connectivity index (χ0v) is 18.3. The van der Waals surface area contributed by atoms with Crippen LogP contribution in [0, 0.1) is 0 Å². The lowest BCUT2D eigenvalue weighted by molar-refractivity contribution is -0.135. The summed E-state index contributed by atoms with van der Waals surface area (Å²) < 4.78 is 10.4. The number of unbranched alkanes of at least 4 members (excludes halogenated alkanes) is 1. The normalized spacial score (nSPS) is 11.4. The van der Waals surface area contributed by atoms with Gasteiger partial charge in [-0.25, -0.2) is 9.59 Å². The van der Waals surface area contributed by atoms with Crippen molar-refractivity contribution in [1.29, 1.82) is 0 Å². The molecule has 1 amide bonds. The number of para-hydroxylation sites is 1. The molecule has 0 saturated heterocycles. The summed E-state index contributed by atoms with van der Waals surface area (Å²) in [5.74, 6) is -1.71. The van der Waals surface area contributed by atoms with E-state index < -0.39 is 29.6 Å². The standard InChI is InChI=1S/C21H23NO6S2/c1-3-4-11-27-20(25)15-8-5-6-9-16(15)28-18(23)13-22-19(24)14(2)30-21(26)17-10-7-12-29-17/h5-10,12,14H,3-4,11,13H2,1-2H3,(H,22,24). The predicted octanol–water partition coefficient (Wildman–Crippen LogP) is 3.69. The number of thiophene rings is 1. The molecule has 0 aliphatic heterocycles. The molecule has 0 saturated carbocycles. The molecule has 0 aliphatic carbocycles. The first kappa shape index (κ1) is 23.6. The number of thioether (sulfide) groups is 1. The Hall–Kier alpha value is -2.65. The number of carbonyl (C=O) groups is 4. The van der Waals surface area contributed by atoms with Gasteiger partial charge in [0, 0.05) is 0 Å². The van der Waals surface area contributed by atoms with Crippen molar-refractivity contribution in [2.75, 3.05) is 13.2 Å². The van der Waals surface area contributed by atoms with Crippen LogP contribution in [0.4, 0.5) is 0 Å². The lowest BCUT2D eigenvalue weighted by atomic mass is 10.2. The van der Waals surface area contributed by atoms with Crippen LogP contribution >= 0.6 is 23.1 Å². The maximum Gasteiger partial charge on any atom is 0.341 e. The molecule has 1 heterocycles. The van der Waals surface area contributed by atoms with Crippen LogP contribution in [0.5, 0.6) is 5.75 Å². The van der Waals surface area contributed by atoms with Gasteiger partial charge in [-0.3, -0.25) is 9.59 Å². The van der Waals surface area contributed by atoms with Gasteiger partial charge in [-0.1, -0.05) is 43.3 Å². The topological polar surface area (TPSA) is 98.8 Å². The minimum atomic E-state index is -0.737. The Morgan fingerprint density at radius 3 is 2.60 bits per heavy atom. The third kappa shape index (κ3) is 7.31. The first-order valence-corrected chi connectivity index (χ1v) is 11.2. The highest BCUT2D eigenvalue weighted by atomic mass is 32.2. The molecule has 2 aromatic rings. The van der Waals surface area contributed by atoms with Gasteiger partial charge in [-0.15, -0.1) is 11.3 Å². The van der Waals surface area contributed by atoms with Crippen molar-refractivity contribution < 1.29 is 28.7 Å². The van der Waals surface area contributed by atoms with E-state index in [9.17, 15) is 19.2 Å². The number of ether oxygens (including phenoxy) is 2. The van der Waals surface area contributed by atoms with Gasteiger partial charge in [0.15, 0.2) is 0 Å². The molecular weight excluding hydrogens is 426 g/mol. The van der Waals surface area contributed by atoms with Crippen LogP contribution in [-0.4, -0.2) is 41.4 Å². The molecule has 0 fully saturated rings. The fourth-order valence-electron chi connectivity index (χ4n) is 2.24. The molecule has 1 unspecified atom stereocenters. The third-order valence-electron chi connectivity index (χ3n) is 3.84. The summed E-state index contributed by atoms with van der Waals surface area (Å²) in [6, 6.07) is 9.69. The highest BCUT2D eigenvalue weighted by Crippen LogP contribution is 2.22. The molecule has 7 nitrogen and oxygen atoms in total. The Morgan fingerprint density at radius 2 is 1.90 bits per heavy atom. The molecular formula is C21H23NO6S2. The number of carbonyl (C=O) groups excluding carboxylic acids is 4. The van der Waals surface area contributed by atoms with E-state index in [2.05, 4.69) is 5.32 Å². The van der Waals surface area contributed by atoms with E-state index in [4.69, 9.17) is 9.47 Å². The summed E-state index contributed by atoms with van der Waals surface area (Å²) in [5, 5.41) is 3.35. The largest absolute Gasteiger partial charge is 0.462 e. The van der Waals surface area contributed by atoms with E-state index in [1.807, 2.05) is 6.92 Å². The monoisotopic (exact) mass is 449 g/mol. The maximum atomic E-state index is 12.2. The molecule has 1 aromatic carbocycles. The van der Waals surface area contributed by atoms with Crippen LogP contribution in [0.2, 0.25) is 0 Å². The highest BCUT2D eigenvalue weighted by Gasteiger charge is 2.21. The molecule has 1 atom stereocenters. The summed E-state index contributed by atoms with van der Waals surface area (Å²) in [7, 11) is 0. The van der Waals surface area contributed by atoms with E-state index in [-0.39, 0.29) is 23.0 Å². The zero-order valence-electron chi connectivity index (χ0n) is 16.7. The van der Waals surface area contributed by atoms with E-state index in [1.54, 1.807) is 36.6 Å². The summed E-state index contributed by atoms with van der Waals surface area (Å²) >= 11 is 2.18. The molecule has 0 bridgehead atoms. The number of nitrogens with one attached hydrogen (secondary N) is 1. The zero-order chi connectivity index (χ0) is 21.9. The van der Waals surface area contributed by atoms with E-state index in [1.165, 1.54) is 23.5 Å². The quantitative estimate of drug-likeness (QED) is 0.335. The number of esters is 2. The summed E-state index contributed by atoms with van der Waals surface area (Å²) in [6.07, 6.45) is 1.63. The fourth-order valence-corrected chi connectivity index (χ4v) is 3.78. The number of hydrogen-bond acceptors (Lipinski definition) is 8. The summed E-state index contributed by atoms with van der Waals surface area (Å²) in [6.45, 7) is 3.46. The Kier molecular flexibility index (Phi) is 9.56. The van der Waals surface area contributed by atoms with Gasteiger partial charge in [0.25, 0.3) is 0 Å². The van der Waals surface area contributed by atoms with Crippen LogP contribution in [-0.2, 0) is 14.3 Å². The lowest BCUT2D eigenvalue weighted by Gasteiger charge is -2.12. The van der Waals surface area contributed by atoms with Gasteiger partial charge in [0.1, 0.15) is 17.9 Å². The van der Waals surface area contributed by atoms with Crippen LogP contribution < -0.4 is 10.1 Å². The average Bonchev–Trinajstić information content (AvgIpc) is 3.27. The van der Waals surface area contributed by atoms with Gasteiger partial charge in [0.05, 0.1) is 16.7 Å². The van der Waals surface area contributed by atoms with Crippen LogP contribution in [0.15, 0.2) is 41.8 Å². The van der Waals surface area contributed by atoms with Crippen LogP contribution in [0.3, 0.4) is 0 Å². The number of amides is 1. The molecule has 0 aliphatic rings. The van der Waals surface area contributed by atoms with Crippen molar-refractivity contribution in [3.05, 3.63) is 52.2 Å². The van der Waals surface area contributed by atoms with Gasteiger partial charge < -0.3 is 14.8 Å². The van der Waals surface area contributed by atoms with Crippen LogP contribution in [0.25, 0.3) is 0 Å². The Labute approximate surface area is 183 Å². The van der Waals surface area contributed by atoms with E-state index >= 15 is 0 Å². The number of hydrogen-bond donors (Lipinski definition) is 1. The first-order valence-electron chi connectivity index (χ1n) is 9.41. The third-order valence-corrected chi connectivity index (χ3v) is 5.84. The van der Waals surface area contributed by atoms with E-state index in [0.29, 0.717) is 4.88 Å². The molecule has 0 spiro atoms. The molecule has 30 heavy (non-hydrogen) atoms. The first-order chi connectivity index (χ1) is 14.4. The SMILES string of the molecule is CCCCOC(=O)c1ccccc1OC(=O)CNC(=O)C(C)SC(=O)c1cccs1. The van der Waals surface area contributed by atoms with Crippen molar-refractivity contribution in [3.63, 3.8) is 0 Å². The van der Waals surface area contributed by atoms with Crippen molar-refractivity contribution >= 4 is 46.1 Å². The molecule has 160 valence electrons. The molecule has 0 radical (unpaired) electrons. The second-order valence-corrected chi connectivity index (χ2v) is 8.46. The van der Waals surface area contributed by atoms with Gasteiger partial charge in [-0.2, -0.15) is 0 Å². The smallest absolute Gasteiger partial charge is 0.341 e. The van der Waals surface area contributed by atoms with Crippen molar-refractivity contribution in [1.82, 2.24) is 5.32 Å². The van der Waals surface area contributed by atoms with Gasteiger partial charge in [0.2, 0.25) is 11.0 Å². The lowest BCUT2D eigenvalue weighted by Crippen LogP contribution is -2.37. The maximum absolute atomic E-state index is 12.2. The number of rotatable bonds is 10. The Balaban J connectivity index is 1.85. The molecule has 1 N–H and O–H groups in total. The Morgan fingerprint density at radius 1 is 1.13 bits per heavy atom. The minimum Gasteiger partial charge on any atom is -0.462 e. The van der Waals surface area contributed by atoms with Crippen molar-refractivity contribution in [2.45, 2.75) is 31.9 Å². The Bertz CT molecular complexity index is 881. The molecule has 9 heteroatoms. The van der Waals surface area contributed by atoms with Crippen LogP contribution in [0.1, 0.15) is 46.7 Å². The molecule has 1 aromatic heterocycles. The summed E-state index contributed by atoms with van der Waals surface area (Å²) in [5.41, 5.74) is 0.138. The van der Waals surface area contributed by atoms with Crippen molar-refractivity contribution in [3.8, 4) is 5.75 Å². The fraction of sp³-hybridized carbons (Fsp3) is 0.333. The van der Waals surface area contributed by atoms with Crippen molar-refractivity contribution in [2.24, 2.45) is 0 Å². The highest BCUT2D eigenvalue weighted by molar-refractivity contribution is 8.15. The predicted molar refractivity (Wildman–Crippen MR) is 116 cm³/mol. The minimum absolute atomic E-state index is 0.0635. The number of benzene rings is 1. The molecule has 2 rings (SSSR count). The average molecular weight is 450 g/mol. The van der Waals surface area contributed by atoms with E-state index in [0.717, 1.165) is 24.6 Å². The second kappa shape index (κ2) is 12.1. The summed E-state index contributed by atoms with van der Waals surface area (Å²) in [4.78, 5) is 49.1.